The molecule has 1 aromatic heterocycles. The average Bonchev–Trinajstić information content (AvgIpc) is 3.20. The highest BCUT2D eigenvalue weighted by molar-refractivity contribution is 8.00. The molecular weight excluding hydrogens is 426 g/mol. The van der Waals surface area contributed by atoms with Gasteiger partial charge in [0.15, 0.2) is 5.16 Å². The third kappa shape index (κ3) is 4.10. The summed E-state index contributed by atoms with van der Waals surface area (Å²) in [5.74, 6) is 2.53. The van der Waals surface area contributed by atoms with Crippen molar-refractivity contribution in [1.29, 1.82) is 0 Å². The number of para-hydroxylation sites is 2. The zero-order chi connectivity index (χ0) is 22.3. The van der Waals surface area contributed by atoms with Crippen LogP contribution >= 0.6 is 11.8 Å². The molecule has 0 aliphatic heterocycles. The SMILES string of the molecule is COc1ccccc1-n1cnnc1S[C@@H](C)C(=O)NC(=O)NC12CC3CC(CC(C3)C1)C2. The van der Waals surface area contributed by atoms with Crippen molar-refractivity contribution in [3.05, 3.63) is 30.6 Å². The lowest BCUT2D eigenvalue weighted by molar-refractivity contribution is -0.119. The monoisotopic (exact) mass is 455 g/mol. The van der Waals surface area contributed by atoms with Crippen LogP contribution in [0.2, 0.25) is 0 Å². The van der Waals surface area contributed by atoms with Crippen LogP contribution in [0.4, 0.5) is 4.79 Å². The van der Waals surface area contributed by atoms with E-state index in [2.05, 4.69) is 20.8 Å². The number of rotatable bonds is 6. The molecule has 9 heteroatoms. The van der Waals surface area contributed by atoms with Gasteiger partial charge in [-0.15, -0.1) is 10.2 Å². The van der Waals surface area contributed by atoms with Crippen LogP contribution in [-0.2, 0) is 4.79 Å². The molecule has 0 saturated heterocycles. The van der Waals surface area contributed by atoms with Crippen LogP contribution in [-0.4, -0.2) is 44.6 Å². The summed E-state index contributed by atoms with van der Waals surface area (Å²) in [6.07, 6.45) is 8.66. The Labute approximate surface area is 191 Å². The van der Waals surface area contributed by atoms with Gasteiger partial charge in [0.1, 0.15) is 12.1 Å². The second kappa shape index (κ2) is 8.42. The van der Waals surface area contributed by atoms with Gasteiger partial charge in [-0.25, -0.2) is 4.79 Å². The second-order valence-electron chi connectivity index (χ2n) is 9.56. The fraction of sp³-hybridized carbons (Fsp3) is 0.565. The van der Waals surface area contributed by atoms with Gasteiger partial charge < -0.3 is 10.1 Å². The van der Waals surface area contributed by atoms with Crippen molar-refractivity contribution in [2.75, 3.05) is 7.11 Å². The lowest BCUT2D eigenvalue weighted by atomic mass is 9.53. The van der Waals surface area contributed by atoms with Crippen LogP contribution in [0.1, 0.15) is 45.4 Å². The van der Waals surface area contributed by atoms with E-state index in [0.717, 1.165) is 42.7 Å². The van der Waals surface area contributed by atoms with Gasteiger partial charge in [0, 0.05) is 5.54 Å². The van der Waals surface area contributed by atoms with Crippen molar-refractivity contribution in [2.24, 2.45) is 17.8 Å². The third-order valence-corrected chi connectivity index (χ3v) is 8.22. The Morgan fingerprint density at radius 3 is 2.47 bits per heavy atom. The molecule has 0 unspecified atom stereocenters. The Hall–Kier alpha value is -2.55. The predicted octanol–water partition coefficient (Wildman–Crippen LogP) is 3.55. The second-order valence-corrected chi connectivity index (χ2v) is 10.9. The van der Waals surface area contributed by atoms with Gasteiger partial charge in [0.2, 0.25) is 5.91 Å². The van der Waals surface area contributed by atoms with Crippen LogP contribution < -0.4 is 15.4 Å². The van der Waals surface area contributed by atoms with Crippen molar-refractivity contribution < 1.29 is 14.3 Å². The summed E-state index contributed by atoms with van der Waals surface area (Å²) >= 11 is 1.25. The molecule has 1 heterocycles. The lowest BCUT2D eigenvalue weighted by Crippen LogP contribution is -2.62. The maximum absolute atomic E-state index is 12.8. The van der Waals surface area contributed by atoms with Crippen molar-refractivity contribution in [3.8, 4) is 11.4 Å². The Morgan fingerprint density at radius 2 is 1.81 bits per heavy atom. The summed E-state index contributed by atoms with van der Waals surface area (Å²) in [7, 11) is 1.61. The molecule has 1 aromatic carbocycles. The summed E-state index contributed by atoms with van der Waals surface area (Å²) < 4.78 is 7.21. The third-order valence-electron chi connectivity index (χ3n) is 7.17. The first-order chi connectivity index (χ1) is 15.4. The fourth-order valence-corrected chi connectivity index (χ4v) is 7.10. The first-order valence-corrected chi connectivity index (χ1v) is 12.2. The largest absolute Gasteiger partial charge is 0.495 e. The number of carbonyl (C=O) groups is 2. The number of urea groups is 1. The number of carbonyl (C=O) groups excluding carboxylic acids is 2. The van der Waals surface area contributed by atoms with Crippen LogP contribution in [0, 0.1) is 17.8 Å². The Morgan fingerprint density at radius 1 is 1.16 bits per heavy atom. The molecular formula is C23H29N5O3S. The summed E-state index contributed by atoms with van der Waals surface area (Å²) in [6.45, 7) is 1.76. The quantitative estimate of drug-likeness (QED) is 0.647. The van der Waals surface area contributed by atoms with Crippen molar-refractivity contribution in [3.63, 3.8) is 0 Å². The zero-order valence-corrected chi connectivity index (χ0v) is 19.2. The van der Waals surface area contributed by atoms with Crippen LogP contribution in [0.25, 0.3) is 5.69 Å². The molecule has 170 valence electrons. The lowest BCUT2D eigenvalue weighted by Gasteiger charge is -2.56. The number of thioether (sulfide) groups is 1. The molecule has 0 spiro atoms. The van der Waals surface area contributed by atoms with E-state index < -0.39 is 5.25 Å². The number of amides is 3. The van der Waals surface area contributed by atoms with Gasteiger partial charge in [-0.1, -0.05) is 23.9 Å². The van der Waals surface area contributed by atoms with Crippen LogP contribution in [0.5, 0.6) is 5.75 Å². The Kier molecular flexibility index (Phi) is 5.61. The van der Waals surface area contributed by atoms with E-state index in [4.69, 9.17) is 4.74 Å². The molecule has 6 rings (SSSR count). The molecule has 8 nitrogen and oxygen atoms in total. The summed E-state index contributed by atoms with van der Waals surface area (Å²) in [5, 5.41) is 13.9. The number of aromatic nitrogens is 3. The summed E-state index contributed by atoms with van der Waals surface area (Å²) in [4.78, 5) is 25.5. The first-order valence-electron chi connectivity index (χ1n) is 11.3. The van der Waals surface area contributed by atoms with Crippen LogP contribution in [0.15, 0.2) is 35.7 Å². The molecule has 4 bridgehead atoms. The summed E-state index contributed by atoms with van der Waals surface area (Å²) in [6, 6.07) is 7.16. The van der Waals surface area contributed by atoms with Gasteiger partial charge in [0.25, 0.3) is 0 Å². The molecule has 4 fully saturated rings. The molecule has 2 N–H and O–H groups in total. The highest BCUT2D eigenvalue weighted by atomic mass is 32.2. The molecule has 2 aromatic rings. The molecule has 4 saturated carbocycles. The van der Waals surface area contributed by atoms with Gasteiger partial charge in [0.05, 0.1) is 18.0 Å². The zero-order valence-electron chi connectivity index (χ0n) is 18.4. The molecule has 4 aliphatic rings. The summed E-state index contributed by atoms with van der Waals surface area (Å²) in [5.41, 5.74) is 0.661. The molecule has 3 amide bonds. The number of benzene rings is 1. The number of nitrogens with zero attached hydrogens (tertiary/aromatic N) is 3. The Bertz CT molecular complexity index is 987. The maximum Gasteiger partial charge on any atom is 0.321 e. The van der Waals surface area contributed by atoms with Crippen molar-refractivity contribution >= 4 is 23.7 Å². The normalized spacial score (nSPS) is 28.9. The predicted molar refractivity (Wildman–Crippen MR) is 121 cm³/mol. The topological polar surface area (TPSA) is 98.1 Å². The first kappa shape index (κ1) is 21.3. The molecule has 1 atom stereocenters. The number of imide groups is 1. The molecule has 32 heavy (non-hydrogen) atoms. The molecule has 4 aliphatic carbocycles. The van der Waals surface area contributed by atoms with E-state index in [1.54, 1.807) is 24.9 Å². The van der Waals surface area contributed by atoms with Gasteiger partial charge >= 0.3 is 6.03 Å². The van der Waals surface area contributed by atoms with E-state index in [0.29, 0.717) is 10.9 Å². The minimum Gasteiger partial charge on any atom is -0.495 e. The molecule has 0 radical (unpaired) electrons. The van der Waals surface area contributed by atoms with E-state index in [9.17, 15) is 9.59 Å². The van der Waals surface area contributed by atoms with Gasteiger partial charge in [-0.2, -0.15) is 0 Å². The highest BCUT2D eigenvalue weighted by Crippen LogP contribution is 2.55. The van der Waals surface area contributed by atoms with E-state index in [-0.39, 0.29) is 17.5 Å². The smallest absolute Gasteiger partial charge is 0.321 e. The average molecular weight is 456 g/mol. The number of nitrogens with one attached hydrogen (secondary N) is 2. The van der Waals surface area contributed by atoms with Crippen molar-refractivity contribution in [2.45, 2.75) is 61.4 Å². The Balaban J connectivity index is 1.21. The number of methoxy groups -OCH3 is 1. The number of hydrogen-bond donors (Lipinski definition) is 2. The van der Waals surface area contributed by atoms with Crippen LogP contribution in [0.3, 0.4) is 0 Å². The minimum atomic E-state index is -0.519. The van der Waals surface area contributed by atoms with Crippen molar-refractivity contribution in [1.82, 2.24) is 25.4 Å². The number of ether oxygens (including phenoxy) is 1. The standard InChI is InChI=1S/C23H29N5O3S/c1-14(32-22-27-24-13-28(22)18-5-3-4-6-19(18)31-2)20(29)25-21(30)26-23-10-15-7-16(11-23)9-17(8-15)12-23/h3-6,13-17H,7-12H2,1-2H3,(H2,25,26,29,30)/t14-,15?,16?,17?,23?/m0/s1. The van der Waals surface area contributed by atoms with E-state index in [1.165, 1.54) is 31.0 Å². The maximum atomic E-state index is 12.8. The van der Waals surface area contributed by atoms with Gasteiger partial charge in [-0.05, 0) is 75.3 Å². The van der Waals surface area contributed by atoms with Gasteiger partial charge in [-0.3, -0.25) is 14.7 Å². The fourth-order valence-electron chi connectivity index (χ4n) is 6.26. The van der Waals surface area contributed by atoms with E-state index >= 15 is 0 Å². The van der Waals surface area contributed by atoms with E-state index in [1.807, 2.05) is 24.3 Å². The number of hydrogen-bond acceptors (Lipinski definition) is 6. The minimum absolute atomic E-state index is 0.125. The highest BCUT2D eigenvalue weighted by Gasteiger charge is 2.51.